The van der Waals surface area contributed by atoms with Crippen molar-refractivity contribution in [1.82, 2.24) is 15.5 Å². The number of hydrogen-bond donors (Lipinski definition) is 2. The Morgan fingerprint density at radius 3 is 2.74 bits per heavy atom. The largest absolute Gasteiger partial charge is 0.465 e. The summed E-state index contributed by atoms with van der Waals surface area (Å²) >= 11 is 0. The summed E-state index contributed by atoms with van der Waals surface area (Å²) in [6, 6.07) is 1.67. The molecule has 0 aromatic carbocycles. The number of hydrogen-bond acceptors (Lipinski definition) is 4. The highest BCUT2D eigenvalue weighted by atomic mass is 16.3. The van der Waals surface area contributed by atoms with Gasteiger partial charge in [-0.15, -0.1) is 0 Å². The van der Waals surface area contributed by atoms with Crippen LogP contribution in [-0.4, -0.2) is 48.4 Å². The van der Waals surface area contributed by atoms with Crippen LogP contribution < -0.4 is 10.6 Å². The Kier molecular flexibility index (Phi) is 4.43. The Labute approximate surface area is 136 Å². The molecule has 0 spiro atoms. The van der Waals surface area contributed by atoms with E-state index in [1.54, 1.807) is 11.8 Å². The zero-order valence-corrected chi connectivity index (χ0v) is 14.0. The molecule has 2 aliphatic rings. The molecule has 126 valence electrons. The average molecular weight is 319 g/mol. The topological polar surface area (TPSA) is 74.6 Å². The number of carbonyl (C=O) groups excluding carboxylic acids is 2. The molecule has 2 amide bonds. The molecular formula is C17H25N3O3. The van der Waals surface area contributed by atoms with Crippen molar-refractivity contribution in [2.24, 2.45) is 0 Å². The van der Waals surface area contributed by atoms with E-state index in [-0.39, 0.29) is 17.7 Å². The molecule has 6 heteroatoms. The van der Waals surface area contributed by atoms with Crippen LogP contribution in [0.1, 0.15) is 54.5 Å². The van der Waals surface area contributed by atoms with Crippen molar-refractivity contribution in [3.05, 3.63) is 23.2 Å². The van der Waals surface area contributed by atoms with Crippen LogP contribution in [0.3, 0.4) is 0 Å². The van der Waals surface area contributed by atoms with Gasteiger partial charge in [0.25, 0.3) is 5.91 Å². The molecule has 1 aromatic rings. The van der Waals surface area contributed by atoms with E-state index in [1.165, 1.54) is 0 Å². The predicted molar refractivity (Wildman–Crippen MR) is 86.4 cm³/mol. The van der Waals surface area contributed by atoms with Gasteiger partial charge in [0.15, 0.2) is 0 Å². The van der Waals surface area contributed by atoms with Crippen LogP contribution in [0.4, 0.5) is 0 Å². The molecule has 1 aromatic heterocycles. The maximum absolute atomic E-state index is 12.9. The van der Waals surface area contributed by atoms with E-state index >= 15 is 0 Å². The van der Waals surface area contributed by atoms with Crippen molar-refractivity contribution in [2.45, 2.75) is 51.6 Å². The minimum Gasteiger partial charge on any atom is -0.465 e. The van der Waals surface area contributed by atoms with Crippen LogP contribution in [0.15, 0.2) is 10.5 Å². The molecule has 0 radical (unpaired) electrons. The quantitative estimate of drug-likeness (QED) is 0.880. The van der Waals surface area contributed by atoms with Crippen molar-refractivity contribution in [3.63, 3.8) is 0 Å². The van der Waals surface area contributed by atoms with Crippen molar-refractivity contribution >= 4 is 11.8 Å². The van der Waals surface area contributed by atoms with Gasteiger partial charge < -0.3 is 20.0 Å². The van der Waals surface area contributed by atoms with Gasteiger partial charge in [-0.05, 0) is 25.8 Å². The second-order valence-corrected chi connectivity index (χ2v) is 6.77. The minimum absolute atomic E-state index is 0.0571. The van der Waals surface area contributed by atoms with E-state index in [0.717, 1.165) is 18.6 Å². The molecule has 3 rings (SSSR count). The third-order valence-corrected chi connectivity index (χ3v) is 4.47. The van der Waals surface area contributed by atoms with Gasteiger partial charge in [0, 0.05) is 31.6 Å². The van der Waals surface area contributed by atoms with Crippen LogP contribution >= 0.6 is 0 Å². The van der Waals surface area contributed by atoms with Gasteiger partial charge in [-0.2, -0.15) is 0 Å². The van der Waals surface area contributed by atoms with Crippen LogP contribution in [0, 0.1) is 6.92 Å². The number of nitrogens with zero attached hydrogens (tertiary/aromatic N) is 1. The van der Waals surface area contributed by atoms with Gasteiger partial charge in [-0.1, -0.05) is 13.8 Å². The Bertz CT molecular complexity index is 604. The summed E-state index contributed by atoms with van der Waals surface area (Å²) in [4.78, 5) is 27.0. The molecule has 6 nitrogen and oxygen atoms in total. The van der Waals surface area contributed by atoms with E-state index in [1.807, 2.05) is 19.9 Å². The number of piperazine rings is 1. The molecule has 0 unspecified atom stereocenters. The van der Waals surface area contributed by atoms with Crippen molar-refractivity contribution in [1.29, 1.82) is 0 Å². The lowest BCUT2D eigenvalue weighted by molar-refractivity contribution is -0.126. The molecule has 1 saturated carbocycles. The summed E-state index contributed by atoms with van der Waals surface area (Å²) in [5.74, 6) is 1.49. The van der Waals surface area contributed by atoms with Crippen LogP contribution in [0.2, 0.25) is 0 Å². The third-order valence-electron chi connectivity index (χ3n) is 4.47. The van der Waals surface area contributed by atoms with Crippen LogP contribution in [-0.2, 0) is 4.79 Å². The SMILES string of the molecule is Cc1oc(C(C)C)cc1C(=O)N1CCNC[C@H]1C(=O)NC1CC1. The van der Waals surface area contributed by atoms with E-state index in [4.69, 9.17) is 4.42 Å². The summed E-state index contributed by atoms with van der Waals surface area (Å²) < 4.78 is 5.69. The zero-order valence-electron chi connectivity index (χ0n) is 14.0. The zero-order chi connectivity index (χ0) is 16.6. The van der Waals surface area contributed by atoms with E-state index in [9.17, 15) is 9.59 Å². The number of carbonyl (C=O) groups is 2. The summed E-state index contributed by atoms with van der Waals surface area (Å²) in [5.41, 5.74) is 0.569. The van der Waals surface area contributed by atoms with Gasteiger partial charge in [0.05, 0.1) is 5.56 Å². The lowest BCUT2D eigenvalue weighted by Gasteiger charge is -2.35. The van der Waals surface area contributed by atoms with E-state index < -0.39 is 6.04 Å². The molecule has 2 heterocycles. The Morgan fingerprint density at radius 2 is 2.13 bits per heavy atom. The monoisotopic (exact) mass is 319 g/mol. The average Bonchev–Trinajstić information content (AvgIpc) is 3.25. The van der Waals surface area contributed by atoms with Crippen molar-refractivity contribution in [3.8, 4) is 0 Å². The van der Waals surface area contributed by atoms with E-state index in [0.29, 0.717) is 37.0 Å². The second-order valence-electron chi connectivity index (χ2n) is 6.77. The van der Waals surface area contributed by atoms with Gasteiger partial charge in [-0.25, -0.2) is 0 Å². The molecule has 1 saturated heterocycles. The van der Waals surface area contributed by atoms with Gasteiger partial charge in [0.2, 0.25) is 5.91 Å². The van der Waals surface area contributed by atoms with Gasteiger partial charge >= 0.3 is 0 Å². The summed E-state index contributed by atoms with van der Waals surface area (Å²) in [7, 11) is 0. The molecule has 2 N–H and O–H groups in total. The molecule has 1 atom stereocenters. The Balaban J connectivity index is 1.79. The lowest BCUT2D eigenvalue weighted by Crippen LogP contribution is -2.59. The highest BCUT2D eigenvalue weighted by molar-refractivity contribution is 5.98. The standard InChI is InChI=1S/C17H25N3O3/c1-10(2)15-8-13(11(3)23-15)17(22)20-7-6-18-9-14(20)16(21)19-12-4-5-12/h8,10,12,14,18H,4-7,9H2,1-3H3,(H,19,21)/t14-/m0/s1. The van der Waals surface area contributed by atoms with Gasteiger partial charge in [0.1, 0.15) is 17.6 Å². The number of amides is 2. The van der Waals surface area contributed by atoms with Crippen molar-refractivity contribution < 1.29 is 14.0 Å². The Hall–Kier alpha value is -1.82. The first kappa shape index (κ1) is 16.1. The molecular weight excluding hydrogens is 294 g/mol. The first-order valence-electron chi connectivity index (χ1n) is 8.39. The van der Waals surface area contributed by atoms with Gasteiger partial charge in [-0.3, -0.25) is 9.59 Å². The molecule has 23 heavy (non-hydrogen) atoms. The Morgan fingerprint density at radius 1 is 1.39 bits per heavy atom. The minimum atomic E-state index is -0.450. The highest BCUT2D eigenvalue weighted by Crippen LogP contribution is 2.24. The molecule has 2 fully saturated rings. The molecule has 1 aliphatic carbocycles. The predicted octanol–water partition coefficient (Wildman–Crippen LogP) is 1.40. The first-order valence-corrected chi connectivity index (χ1v) is 8.39. The summed E-state index contributed by atoms with van der Waals surface area (Å²) in [5, 5.41) is 6.21. The fraction of sp³-hybridized carbons (Fsp3) is 0.647. The van der Waals surface area contributed by atoms with Crippen LogP contribution in [0.5, 0.6) is 0 Å². The number of furan rings is 1. The summed E-state index contributed by atoms with van der Waals surface area (Å²) in [6.07, 6.45) is 2.08. The van der Waals surface area contributed by atoms with Crippen molar-refractivity contribution in [2.75, 3.05) is 19.6 Å². The normalized spacial score (nSPS) is 21.6. The second kappa shape index (κ2) is 6.35. The lowest BCUT2D eigenvalue weighted by atomic mass is 10.1. The smallest absolute Gasteiger partial charge is 0.258 e. The molecule has 0 bridgehead atoms. The third kappa shape index (κ3) is 3.42. The fourth-order valence-corrected chi connectivity index (χ4v) is 2.86. The number of aryl methyl sites for hydroxylation is 1. The number of rotatable bonds is 4. The number of nitrogens with one attached hydrogen (secondary N) is 2. The maximum atomic E-state index is 12.9. The molecule has 1 aliphatic heterocycles. The van der Waals surface area contributed by atoms with Crippen LogP contribution in [0.25, 0.3) is 0 Å². The highest BCUT2D eigenvalue weighted by Gasteiger charge is 2.36. The maximum Gasteiger partial charge on any atom is 0.258 e. The summed E-state index contributed by atoms with van der Waals surface area (Å²) in [6.45, 7) is 7.60. The fourth-order valence-electron chi connectivity index (χ4n) is 2.86. The first-order chi connectivity index (χ1) is 11.0. The van der Waals surface area contributed by atoms with E-state index in [2.05, 4.69) is 10.6 Å².